The number of aromatic nitrogens is 2. The second kappa shape index (κ2) is 7.71. The Kier molecular flexibility index (Phi) is 5.05. The maximum absolute atomic E-state index is 13.5. The van der Waals surface area contributed by atoms with Crippen molar-refractivity contribution < 1.29 is 31.5 Å². The van der Waals surface area contributed by atoms with Crippen LogP contribution in [0.15, 0.2) is 60.9 Å². The second-order valence-electron chi connectivity index (χ2n) is 6.48. The van der Waals surface area contributed by atoms with Crippen LogP contribution in [0, 0.1) is 11.6 Å². The Balaban J connectivity index is 1.45. The number of ether oxygens (including phenoxy) is 1. The molecule has 0 spiro atoms. The number of aromatic amines is 1. The molecule has 0 saturated heterocycles. The van der Waals surface area contributed by atoms with Crippen LogP contribution in [0.3, 0.4) is 0 Å². The molecule has 10 heteroatoms. The maximum atomic E-state index is 13.5. The summed E-state index contributed by atoms with van der Waals surface area (Å²) in [4.78, 5) is 18.8. The molecule has 0 aliphatic rings. The number of carbonyl (C=O) groups excluding carboxylic acids is 1. The Labute approximate surface area is 171 Å². The fourth-order valence-corrected chi connectivity index (χ4v) is 2.82. The van der Waals surface area contributed by atoms with E-state index in [0.717, 1.165) is 24.3 Å². The molecule has 0 fully saturated rings. The molecule has 1 amide bonds. The molecule has 0 bridgehead atoms. The predicted molar refractivity (Wildman–Crippen MR) is 102 cm³/mol. The highest BCUT2D eigenvalue weighted by molar-refractivity contribution is 6.09. The molecule has 0 atom stereocenters. The lowest BCUT2D eigenvalue weighted by Gasteiger charge is -2.09. The largest absolute Gasteiger partial charge is 0.439 e. The number of pyridine rings is 1. The number of benzene rings is 2. The summed E-state index contributed by atoms with van der Waals surface area (Å²) in [7, 11) is 0. The Morgan fingerprint density at radius 2 is 1.71 bits per heavy atom. The van der Waals surface area contributed by atoms with Crippen molar-refractivity contribution in [3.63, 3.8) is 0 Å². The third-order valence-corrected chi connectivity index (χ3v) is 4.37. The summed E-state index contributed by atoms with van der Waals surface area (Å²) in [5, 5.41) is 2.90. The van der Waals surface area contributed by atoms with Gasteiger partial charge in [-0.15, -0.1) is 0 Å². The van der Waals surface area contributed by atoms with E-state index in [1.165, 1.54) is 30.5 Å². The van der Waals surface area contributed by atoms with Crippen LogP contribution in [-0.4, -0.2) is 15.9 Å². The van der Waals surface area contributed by atoms with Gasteiger partial charge in [0, 0.05) is 35.5 Å². The zero-order valence-corrected chi connectivity index (χ0v) is 15.4. The molecule has 0 unspecified atom stereocenters. The Bertz CT molecular complexity index is 1250. The van der Waals surface area contributed by atoms with Crippen LogP contribution in [0.5, 0.6) is 11.6 Å². The van der Waals surface area contributed by atoms with Crippen LogP contribution in [0.4, 0.5) is 27.6 Å². The first-order valence-corrected chi connectivity index (χ1v) is 8.79. The number of fused-ring (bicyclic) bond motifs is 1. The van der Waals surface area contributed by atoms with Gasteiger partial charge in [0.2, 0.25) is 5.88 Å². The van der Waals surface area contributed by atoms with Gasteiger partial charge in [-0.1, -0.05) is 0 Å². The highest BCUT2D eigenvalue weighted by atomic mass is 19.4. The van der Waals surface area contributed by atoms with Crippen molar-refractivity contribution in [3.05, 3.63) is 83.7 Å². The van der Waals surface area contributed by atoms with E-state index < -0.39 is 29.3 Å². The fourth-order valence-electron chi connectivity index (χ4n) is 2.82. The molecular formula is C21H12F5N3O2. The Hall–Kier alpha value is -3.95. The standard InChI is InChI=1S/C21H12F5N3O2/c22-15-7-14-17(8-16(15)23)27-10-18(14)29-20(30)11-1-4-13(5-2-11)31-19-6-3-12(9-28-19)21(24,25)26/h1-10,27H,(H,29,30). The summed E-state index contributed by atoms with van der Waals surface area (Å²) in [5.74, 6) is -2.34. The molecule has 0 aliphatic heterocycles. The number of alkyl halides is 3. The van der Waals surface area contributed by atoms with Crippen molar-refractivity contribution in [3.8, 4) is 11.6 Å². The zero-order chi connectivity index (χ0) is 22.2. The number of anilines is 1. The molecule has 0 saturated carbocycles. The number of nitrogens with zero attached hydrogens (tertiary/aromatic N) is 1. The van der Waals surface area contributed by atoms with Gasteiger partial charge >= 0.3 is 6.18 Å². The molecular weight excluding hydrogens is 421 g/mol. The number of rotatable bonds is 4. The number of H-pyrrole nitrogens is 1. The first kappa shape index (κ1) is 20.3. The van der Waals surface area contributed by atoms with E-state index in [1.807, 2.05) is 0 Å². The smallest absolute Gasteiger partial charge is 0.417 e. The van der Waals surface area contributed by atoms with Crippen molar-refractivity contribution in [2.75, 3.05) is 5.32 Å². The van der Waals surface area contributed by atoms with Gasteiger partial charge in [0.05, 0.1) is 16.8 Å². The number of hydrogen-bond donors (Lipinski definition) is 2. The number of halogens is 5. The van der Waals surface area contributed by atoms with E-state index in [2.05, 4.69) is 15.3 Å². The van der Waals surface area contributed by atoms with Crippen LogP contribution in [0.2, 0.25) is 0 Å². The number of carbonyl (C=O) groups is 1. The van der Waals surface area contributed by atoms with Gasteiger partial charge in [0.15, 0.2) is 11.6 Å². The Morgan fingerprint density at radius 3 is 2.35 bits per heavy atom. The minimum absolute atomic E-state index is 0.0433. The lowest BCUT2D eigenvalue weighted by molar-refractivity contribution is -0.137. The minimum atomic E-state index is -4.49. The van der Waals surface area contributed by atoms with Gasteiger partial charge in [-0.3, -0.25) is 4.79 Å². The average molecular weight is 433 g/mol. The quantitative estimate of drug-likeness (QED) is 0.394. The molecule has 4 rings (SSSR count). The monoisotopic (exact) mass is 433 g/mol. The van der Waals surface area contributed by atoms with Crippen molar-refractivity contribution in [1.82, 2.24) is 9.97 Å². The highest BCUT2D eigenvalue weighted by Gasteiger charge is 2.30. The number of amides is 1. The first-order chi connectivity index (χ1) is 14.7. The van der Waals surface area contributed by atoms with Gasteiger partial charge in [-0.05, 0) is 36.4 Å². The van der Waals surface area contributed by atoms with Crippen molar-refractivity contribution in [1.29, 1.82) is 0 Å². The third kappa shape index (κ3) is 4.32. The Morgan fingerprint density at radius 1 is 1.00 bits per heavy atom. The highest BCUT2D eigenvalue weighted by Crippen LogP contribution is 2.30. The zero-order valence-electron chi connectivity index (χ0n) is 15.4. The SMILES string of the molecule is O=C(Nc1c[nH]c2cc(F)c(F)cc12)c1ccc(Oc2ccc(C(F)(F)F)cn2)cc1. The molecule has 0 radical (unpaired) electrons. The molecule has 2 heterocycles. The summed E-state index contributed by atoms with van der Waals surface area (Å²) in [6.07, 6.45) is -2.42. The van der Waals surface area contributed by atoms with E-state index >= 15 is 0 Å². The number of nitrogens with one attached hydrogen (secondary N) is 2. The molecule has 5 nitrogen and oxygen atoms in total. The van der Waals surface area contributed by atoms with Crippen molar-refractivity contribution in [2.45, 2.75) is 6.18 Å². The molecule has 2 aromatic carbocycles. The van der Waals surface area contributed by atoms with Crippen molar-refractivity contribution in [2.24, 2.45) is 0 Å². The second-order valence-corrected chi connectivity index (χ2v) is 6.48. The molecule has 4 aromatic rings. The third-order valence-electron chi connectivity index (χ3n) is 4.37. The lowest BCUT2D eigenvalue weighted by atomic mass is 10.2. The van der Waals surface area contributed by atoms with Gasteiger partial charge in [0.1, 0.15) is 5.75 Å². The van der Waals surface area contributed by atoms with Gasteiger partial charge < -0.3 is 15.0 Å². The summed E-state index contributed by atoms with van der Waals surface area (Å²) in [6.45, 7) is 0. The summed E-state index contributed by atoms with van der Waals surface area (Å²) in [5.41, 5.74) is -0.0633. The molecule has 0 aliphatic carbocycles. The summed E-state index contributed by atoms with van der Waals surface area (Å²) in [6, 6.07) is 9.65. The van der Waals surface area contributed by atoms with Gasteiger partial charge in [-0.2, -0.15) is 13.2 Å². The predicted octanol–water partition coefficient (Wildman–Crippen LogP) is 5.90. The van der Waals surface area contributed by atoms with Gasteiger partial charge in [-0.25, -0.2) is 13.8 Å². The van der Waals surface area contributed by atoms with E-state index in [1.54, 1.807) is 0 Å². The minimum Gasteiger partial charge on any atom is -0.439 e. The number of hydrogen-bond acceptors (Lipinski definition) is 3. The van der Waals surface area contributed by atoms with Crippen LogP contribution in [-0.2, 0) is 6.18 Å². The molecule has 2 N–H and O–H groups in total. The summed E-state index contributed by atoms with van der Waals surface area (Å²) < 4.78 is 69.9. The van der Waals surface area contributed by atoms with E-state index in [0.29, 0.717) is 17.1 Å². The first-order valence-electron chi connectivity index (χ1n) is 8.79. The van der Waals surface area contributed by atoms with Crippen molar-refractivity contribution >= 4 is 22.5 Å². The van der Waals surface area contributed by atoms with Crippen LogP contribution < -0.4 is 10.1 Å². The van der Waals surface area contributed by atoms with E-state index in [9.17, 15) is 26.7 Å². The molecule has 158 valence electrons. The summed E-state index contributed by atoms with van der Waals surface area (Å²) >= 11 is 0. The van der Waals surface area contributed by atoms with Crippen LogP contribution >= 0.6 is 0 Å². The van der Waals surface area contributed by atoms with Crippen LogP contribution in [0.1, 0.15) is 15.9 Å². The fraction of sp³-hybridized carbons (Fsp3) is 0.0476. The lowest BCUT2D eigenvalue weighted by Crippen LogP contribution is -2.11. The topological polar surface area (TPSA) is 67.0 Å². The van der Waals surface area contributed by atoms with E-state index in [4.69, 9.17) is 4.74 Å². The average Bonchev–Trinajstić information content (AvgIpc) is 3.10. The molecule has 31 heavy (non-hydrogen) atoms. The van der Waals surface area contributed by atoms with E-state index in [-0.39, 0.29) is 22.9 Å². The maximum Gasteiger partial charge on any atom is 0.417 e. The normalized spacial score (nSPS) is 11.5. The van der Waals surface area contributed by atoms with Crippen LogP contribution in [0.25, 0.3) is 10.9 Å². The molecule has 2 aromatic heterocycles. The van der Waals surface area contributed by atoms with Gasteiger partial charge in [0.25, 0.3) is 5.91 Å².